The monoisotopic (exact) mass is 404 g/mol. The number of nitrogens with one attached hydrogen (secondary N) is 2. The van der Waals surface area contributed by atoms with Crippen molar-refractivity contribution in [2.75, 3.05) is 11.9 Å². The third-order valence-electron chi connectivity index (χ3n) is 5.31. The molecule has 1 saturated carbocycles. The van der Waals surface area contributed by atoms with E-state index in [1.54, 1.807) is 24.4 Å². The molecule has 0 radical (unpaired) electrons. The fraction of sp³-hybridized carbons (Fsp3) is 0.261. The van der Waals surface area contributed by atoms with E-state index in [4.69, 9.17) is 0 Å². The molecule has 0 aliphatic heterocycles. The summed E-state index contributed by atoms with van der Waals surface area (Å²) in [5.41, 5.74) is 3.40. The molecule has 1 fully saturated rings. The summed E-state index contributed by atoms with van der Waals surface area (Å²) >= 11 is 0. The van der Waals surface area contributed by atoms with Gasteiger partial charge < -0.3 is 15.7 Å². The maximum absolute atomic E-state index is 12.6. The molecule has 0 saturated heterocycles. The lowest BCUT2D eigenvalue weighted by Gasteiger charge is -2.10. The summed E-state index contributed by atoms with van der Waals surface area (Å²) in [5.74, 6) is 0.191. The fourth-order valence-corrected chi connectivity index (χ4v) is 3.80. The number of benzene rings is 2. The maximum atomic E-state index is 12.6. The van der Waals surface area contributed by atoms with E-state index in [1.807, 2.05) is 36.4 Å². The van der Waals surface area contributed by atoms with Crippen LogP contribution in [-0.2, 0) is 11.2 Å². The van der Waals surface area contributed by atoms with Gasteiger partial charge in [-0.05, 0) is 54.2 Å². The number of rotatable bonds is 6. The van der Waals surface area contributed by atoms with Gasteiger partial charge in [0.05, 0.1) is 5.69 Å². The standard InChI is InChI=1S/C23H24N4O3/c1-15(28)26-17-7-8-22(29)20(13-17)18-14-19(18)21-10-12-25-27(21)23(30)24-11-9-16-5-3-2-4-6-16/h2-8,10,12-13,18-19,29H,9,11,14H2,1H3,(H,24,30)(H,26,28). The van der Waals surface area contributed by atoms with E-state index in [-0.39, 0.29) is 29.5 Å². The van der Waals surface area contributed by atoms with Crippen LogP contribution >= 0.6 is 0 Å². The number of anilines is 1. The summed E-state index contributed by atoms with van der Waals surface area (Å²) in [6, 6.07) is 16.6. The zero-order valence-electron chi connectivity index (χ0n) is 16.7. The van der Waals surface area contributed by atoms with Crippen LogP contribution < -0.4 is 10.6 Å². The number of phenolic OH excluding ortho intramolecular Hbond substituents is 1. The first-order valence-corrected chi connectivity index (χ1v) is 9.99. The minimum atomic E-state index is -0.257. The van der Waals surface area contributed by atoms with Crippen molar-refractivity contribution in [3.8, 4) is 5.75 Å². The Balaban J connectivity index is 1.42. The van der Waals surface area contributed by atoms with Gasteiger partial charge >= 0.3 is 6.03 Å². The van der Waals surface area contributed by atoms with Gasteiger partial charge in [-0.25, -0.2) is 4.79 Å². The van der Waals surface area contributed by atoms with E-state index in [1.165, 1.54) is 11.6 Å². The van der Waals surface area contributed by atoms with Crippen molar-refractivity contribution in [2.45, 2.75) is 31.6 Å². The summed E-state index contributed by atoms with van der Waals surface area (Å²) in [6.45, 7) is 1.97. The molecule has 30 heavy (non-hydrogen) atoms. The van der Waals surface area contributed by atoms with E-state index >= 15 is 0 Å². The molecular weight excluding hydrogens is 380 g/mol. The SMILES string of the molecule is CC(=O)Nc1ccc(O)c(C2CC2c2ccnn2C(=O)NCCc2ccccc2)c1. The Morgan fingerprint density at radius 3 is 2.70 bits per heavy atom. The molecule has 1 aliphatic carbocycles. The largest absolute Gasteiger partial charge is 0.508 e. The molecule has 1 heterocycles. The highest BCUT2D eigenvalue weighted by Gasteiger charge is 2.43. The van der Waals surface area contributed by atoms with E-state index in [0.717, 1.165) is 29.7 Å². The van der Waals surface area contributed by atoms with Gasteiger partial charge in [0.2, 0.25) is 5.91 Å². The Morgan fingerprint density at radius 1 is 1.13 bits per heavy atom. The Hall–Kier alpha value is -3.61. The third kappa shape index (κ3) is 4.35. The highest BCUT2D eigenvalue weighted by molar-refractivity contribution is 5.89. The van der Waals surface area contributed by atoms with Gasteiger partial charge in [-0.15, -0.1) is 0 Å². The highest BCUT2D eigenvalue weighted by Crippen LogP contribution is 2.56. The van der Waals surface area contributed by atoms with Crippen LogP contribution in [0.1, 0.15) is 42.0 Å². The molecule has 1 aromatic heterocycles. The van der Waals surface area contributed by atoms with Crippen molar-refractivity contribution >= 4 is 17.6 Å². The third-order valence-corrected chi connectivity index (χ3v) is 5.31. The zero-order valence-corrected chi connectivity index (χ0v) is 16.7. The van der Waals surface area contributed by atoms with E-state index in [9.17, 15) is 14.7 Å². The summed E-state index contributed by atoms with van der Waals surface area (Å²) in [6.07, 6.45) is 3.17. The second-order valence-electron chi connectivity index (χ2n) is 7.54. The van der Waals surface area contributed by atoms with Gasteiger partial charge in [0.1, 0.15) is 5.75 Å². The average Bonchev–Trinajstić information content (AvgIpc) is 3.36. The van der Waals surface area contributed by atoms with E-state index < -0.39 is 0 Å². The van der Waals surface area contributed by atoms with Crippen molar-refractivity contribution in [1.82, 2.24) is 15.1 Å². The van der Waals surface area contributed by atoms with Crippen molar-refractivity contribution in [1.29, 1.82) is 0 Å². The average molecular weight is 404 g/mol. The molecule has 0 spiro atoms. The van der Waals surface area contributed by atoms with Gasteiger partial charge in [0.15, 0.2) is 0 Å². The molecule has 3 N–H and O–H groups in total. The van der Waals surface area contributed by atoms with E-state index in [0.29, 0.717) is 12.2 Å². The summed E-state index contributed by atoms with van der Waals surface area (Å²) in [4.78, 5) is 23.9. The number of hydrogen-bond donors (Lipinski definition) is 3. The second-order valence-corrected chi connectivity index (χ2v) is 7.54. The number of phenols is 1. The normalized spacial score (nSPS) is 17.4. The number of carbonyl (C=O) groups is 2. The number of hydrogen-bond acceptors (Lipinski definition) is 4. The van der Waals surface area contributed by atoms with Gasteiger partial charge in [0, 0.05) is 31.3 Å². The van der Waals surface area contributed by atoms with Crippen LogP contribution in [0.25, 0.3) is 0 Å². The summed E-state index contributed by atoms with van der Waals surface area (Å²) in [7, 11) is 0. The lowest BCUT2D eigenvalue weighted by molar-refractivity contribution is -0.114. The molecule has 7 nitrogen and oxygen atoms in total. The smallest absolute Gasteiger partial charge is 0.342 e. The number of aromatic hydroxyl groups is 1. The van der Waals surface area contributed by atoms with Gasteiger partial charge in [0.25, 0.3) is 0 Å². The first kappa shape index (κ1) is 19.7. The van der Waals surface area contributed by atoms with Crippen molar-refractivity contribution in [3.05, 3.63) is 77.6 Å². The summed E-state index contributed by atoms with van der Waals surface area (Å²) < 4.78 is 1.41. The molecule has 154 valence electrons. The predicted octanol–water partition coefficient (Wildman–Crippen LogP) is 3.62. The van der Waals surface area contributed by atoms with Crippen molar-refractivity contribution in [2.24, 2.45) is 0 Å². The molecule has 1 aliphatic rings. The minimum absolute atomic E-state index is 0.0753. The molecule has 2 amide bonds. The molecule has 3 aromatic rings. The number of carbonyl (C=O) groups excluding carboxylic acids is 2. The maximum Gasteiger partial charge on any atom is 0.342 e. The van der Waals surface area contributed by atoms with Crippen LogP contribution in [-0.4, -0.2) is 33.4 Å². The van der Waals surface area contributed by atoms with Crippen molar-refractivity contribution < 1.29 is 14.7 Å². The molecule has 0 bridgehead atoms. The number of amides is 2. The number of aromatic nitrogens is 2. The van der Waals surface area contributed by atoms with Gasteiger partial charge in [-0.1, -0.05) is 30.3 Å². The molecule has 2 unspecified atom stereocenters. The summed E-state index contributed by atoms with van der Waals surface area (Å²) in [5, 5.41) is 20.1. The Labute approximate surface area is 174 Å². The Morgan fingerprint density at radius 2 is 1.93 bits per heavy atom. The van der Waals surface area contributed by atoms with Crippen LogP contribution in [0.2, 0.25) is 0 Å². The Bertz CT molecular complexity index is 1060. The van der Waals surface area contributed by atoms with Crippen LogP contribution in [0.4, 0.5) is 10.5 Å². The topological polar surface area (TPSA) is 96.2 Å². The second kappa shape index (κ2) is 8.41. The van der Waals surface area contributed by atoms with Crippen molar-refractivity contribution in [3.63, 3.8) is 0 Å². The number of nitrogens with zero attached hydrogens (tertiary/aromatic N) is 2. The zero-order chi connectivity index (χ0) is 21.1. The molecular formula is C23H24N4O3. The van der Waals surface area contributed by atoms with Crippen LogP contribution in [0.5, 0.6) is 5.75 Å². The predicted molar refractivity (Wildman–Crippen MR) is 114 cm³/mol. The highest BCUT2D eigenvalue weighted by atomic mass is 16.3. The first-order valence-electron chi connectivity index (χ1n) is 9.99. The Kier molecular flexibility index (Phi) is 5.52. The van der Waals surface area contributed by atoms with Crippen LogP contribution in [0, 0.1) is 0 Å². The van der Waals surface area contributed by atoms with Gasteiger partial charge in [-0.2, -0.15) is 9.78 Å². The molecule has 4 rings (SSSR count). The molecule has 2 atom stereocenters. The lowest BCUT2D eigenvalue weighted by atomic mass is 10.1. The lowest BCUT2D eigenvalue weighted by Crippen LogP contribution is -2.32. The quantitative estimate of drug-likeness (QED) is 0.547. The molecule has 7 heteroatoms. The van der Waals surface area contributed by atoms with Crippen LogP contribution in [0.3, 0.4) is 0 Å². The fourth-order valence-electron chi connectivity index (χ4n) is 3.80. The van der Waals surface area contributed by atoms with Gasteiger partial charge in [-0.3, -0.25) is 4.79 Å². The molecule has 2 aromatic carbocycles. The van der Waals surface area contributed by atoms with E-state index in [2.05, 4.69) is 15.7 Å². The first-order chi connectivity index (χ1) is 14.5. The minimum Gasteiger partial charge on any atom is -0.508 e. The van der Waals surface area contributed by atoms with Crippen LogP contribution in [0.15, 0.2) is 60.8 Å².